The topological polar surface area (TPSA) is 136 Å². The van der Waals surface area contributed by atoms with Crippen LogP contribution in [0.15, 0.2) is 18.2 Å². The third-order valence-electron chi connectivity index (χ3n) is 5.34. The highest BCUT2D eigenvalue weighted by atomic mass is 35.5. The number of carboxylic acids is 1. The van der Waals surface area contributed by atoms with Gasteiger partial charge >= 0.3 is 5.97 Å². The van der Waals surface area contributed by atoms with Gasteiger partial charge in [-0.25, -0.2) is 0 Å². The molecule has 0 amide bonds. The molecule has 0 saturated carbocycles. The van der Waals surface area contributed by atoms with Gasteiger partial charge in [-0.2, -0.15) is 4.80 Å². The van der Waals surface area contributed by atoms with Gasteiger partial charge < -0.3 is 14.7 Å². The number of piperidine rings is 1. The second-order valence-electron chi connectivity index (χ2n) is 7.41. The van der Waals surface area contributed by atoms with E-state index in [-0.39, 0.29) is 18.2 Å². The van der Waals surface area contributed by atoms with E-state index >= 15 is 0 Å². The van der Waals surface area contributed by atoms with Gasteiger partial charge in [0.25, 0.3) is 0 Å². The summed E-state index contributed by atoms with van der Waals surface area (Å²) < 4.78 is 6.26. The predicted molar refractivity (Wildman–Crippen MR) is 110 cm³/mol. The molecule has 11 nitrogen and oxygen atoms in total. The summed E-state index contributed by atoms with van der Waals surface area (Å²) in [7, 11) is 0. The summed E-state index contributed by atoms with van der Waals surface area (Å²) in [6, 6.07) is 5.27. The maximum atomic E-state index is 12.7. The number of carboxylic acid groups (broad SMARTS) is 1. The first-order valence-electron chi connectivity index (χ1n) is 9.52. The van der Waals surface area contributed by atoms with Crippen LogP contribution in [0.1, 0.15) is 29.6 Å². The van der Waals surface area contributed by atoms with E-state index in [1.54, 1.807) is 18.2 Å². The maximum absolute atomic E-state index is 12.7. The van der Waals surface area contributed by atoms with Crippen molar-refractivity contribution in [1.82, 2.24) is 30.4 Å². The van der Waals surface area contributed by atoms with E-state index in [1.807, 2.05) is 0 Å². The number of tetrazole rings is 1. The predicted octanol–water partition coefficient (Wildman–Crippen LogP) is 1.93. The number of Topliss-reactive ketones (excluding diaryl/α,β-unsaturated/α-hetero) is 1. The van der Waals surface area contributed by atoms with Gasteiger partial charge in [-0.1, -0.05) is 29.0 Å². The highest BCUT2D eigenvalue weighted by Crippen LogP contribution is 2.42. The monoisotopic (exact) mass is 461 g/mol. The van der Waals surface area contributed by atoms with Crippen molar-refractivity contribution in [2.45, 2.75) is 31.4 Å². The minimum absolute atomic E-state index is 0.00835. The molecule has 31 heavy (non-hydrogen) atoms. The Labute approximate surface area is 184 Å². The molecule has 0 aliphatic carbocycles. The highest BCUT2D eigenvalue weighted by Gasteiger charge is 2.44. The molecule has 3 aromatic rings. The fraction of sp³-hybridized carbons (Fsp3) is 0.389. The van der Waals surface area contributed by atoms with Crippen LogP contribution in [0.4, 0.5) is 5.13 Å². The average molecular weight is 462 g/mol. The fourth-order valence-electron chi connectivity index (χ4n) is 3.85. The number of fused-ring (bicyclic) bond motifs is 1. The quantitative estimate of drug-likeness (QED) is 0.613. The van der Waals surface area contributed by atoms with Gasteiger partial charge in [0.2, 0.25) is 11.0 Å². The van der Waals surface area contributed by atoms with Crippen LogP contribution in [0, 0.1) is 0 Å². The zero-order valence-electron chi connectivity index (χ0n) is 16.1. The summed E-state index contributed by atoms with van der Waals surface area (Å²) >= 11 is 7.48. The van der Waals surface area contributed by atoms with Crippen LogP contribution in [0.3, 0.4) is 0 Å². The van der Waals surface area contributed by atoms with Crippen molar-refractivity contribution in [1.29, 1.82) is 0 Å². The van der Waals surface area contributed by atoms with E-state index in [1.165, 1.54) is 11.3 Å². The minimum atomic E-state index is -1.06. The number of rotatable bonds is 4. The second-order valence-corrected chi connectivity index (χ2v) is 8.78. The van der Waals surface area contributed by atoms with Gasteiger partial charge in [0.1, 0.15) is 11.4 Å². The summed E-state index contributed by atoms with van der Waals surface area (Å²) in [6.07, 6.45) is 1.62. The lowest BCUT2D eigenvalue weighted by molar-refractivity contribution is -0.138. The molecule has 0 atom stereocenters. The van der Waals surface area contributed by atoms with Gasteiger partial charge in [0, 0.05) is 25.9 Å². The molecule has 5 rings (SSSR count). The Bertz CT molecular complexity index is 1170. The molecule has 2 aromatic heterocycles. The molecule has 2 aliphatic rings. The van der Waals surface area contributed by atoms with Gasteiger partial charge in [0.05, 0.1) is 17.0 Å². The molecule has 160 valence electrons. The Morgan fingerprint density at radius 1 is 1.26 bits per heavy atom. The largest absolute Gasteiger partial charge is 0.486 e. The summed E-state index contributed by atoms with van der Waals surface area (Å²) in [5.41, 5.74) is -0.0747. The fourth-order valence-corrected chi connectivity index (χ4v) is 4.94. The van der Waals surface area contributed by atoms with Crippen LogP contribution in [0.25, 0.3) is 10.8 Å². The molecule has 2 aliphatic heterocycles. The van der Waals surface area contributed by atoms with Crippen LogP contribution in [0.5, 0.6) is 5.75 Å². The van der Waals surface area contributed by atoms with Crippen molar-refractivity contribution >= 4 is 39.8 Å². The van der Waals surface area contributed by atoms with Gasteiger partial charge in [-0.3, -0.25) is 9.59 Å². The van der Waals surface area contributed by atoms with Crippen molar-refractivity contribution in [2.75, 3.05) is 18.0 Å². The molecule has 4 heterocycles. The van der Waals surface area contributed by atoms with Crippen molar-refractivity contribution in [3.8, 4) is 16.6 Å². The third kappa shape index (κ3) is 3.72. The van der Waals surface area contributed by atoms with Crippen molar-refractivity contribution in [2.24, 2.45) is 0 Å². The molecule has 13 heteroatoms. The normalized spacial score (nSPS) is 17.5. The number of carbonyl (C=O) groups is 2. The van der Waals surface area contributed by atoms with E-state index in [0.29, 0.717) is 58.8 Å². The summed E-state index contributed by atoms with van der Waals surface area (Å²) in [5.74, 6) is -0.273. The third-order valence-corrected chi connectivity index (χ3v) is 6.64. The SMILES string of the molecule is O=C(O)Cn1nnc(-c2nnc(N3CCC4(CC3)CC(=O)c3c(Cl)cccc3O4)s2)n1. The second kappa shape index (κ2) is 7.54. The zero-order valence-corrected chi connectivity index (χ0v) is 17.6. The number of halogens is 1. The summed E-state index contributed by atoms with van der Waals surface area (Å²) in [4.78, 5) is 26.5. The first-order valence-corrected chi connectivity index (χ1v) is 10.7. The van der Waals surface area contributed by atoms with E-state index < -0.39 is 11.6 Å². The van der Waals surface area contributed by atoms with Gasteiger partial charge in [-0.15, -0.1) is 20.4 Å². The molecule has 1 N–H and O–H groups in total. The molecule has 1 fully saturated rings. The number of hydrogen-bond acceptors (Lipinski definition) is 10. The van der Waals surface area contributed by atoms with Crippen LogP contribution in [-0.2, 0) is 11.3 Å². The van der Waals surface area contributed by atoms with Crippen molar-refractivity contribution < 1.29 is 19.4 Å². The van der Waals surface area contributed by atoms with Crippen molar-refractivity contribution in [3.63, 3.8) is 0 Å². The number of hydrogen-bond donors (Lipinski definition) is 1. The number of aliphatic carboxylic acids is 1. The van der Waals surface area contributed by atoms with Crippen molar-refractivity contribution in [3.05, 3.63) is 28.8 Å². The summed E-state index contributed by atoms with van der Waals surface area (Å²) in [6.45, 7) is 0.924. The molecule has 1 saturated heterocycles. The number of ether oxygens (including phenoxy) is 1. The molecule has 0 bridgehead atoms. The average Bonchev–Trinajstić information content (AvgIpc) is 3.37. The van der Waals surface area contributed by atoms with Crippen LogP contribution >= 0.6 is 22.9 Å². The zero-order chi connectivity index (χ0) is 21.6. The van der Waals surface area contributed by atoms with Crippen LogP contribution in [0.2, 0.25) is 5.02 Å². The van der Waals surface area contributed by atoms with E-state index in [4.69, 9.17) is 21.4 Å². The number of ketones is 1. The molecule has 0 unspecified atom stereocenters. The van der Waals surface area contributed by atoms with Crippen LogP contribution < -0.4 is 9.64 Å². The minimum Gasteiger partial charge on any atom is -0.486 e. The Balaban J connectivity index is 1.28. The van der Waals surface area contributed by atoms with E-state index in [9.17, 15) is 9.59 Å². The summed E-state index contributed by atoms with van der Waals surface area (Å²) in [5, 5.41) is 30.3. The number of benzene rings is 1. The number of anilines is 1. The standard InChI is InChI=1S/C18H16ClN7O4S/c19-10-2-1-3-12-14(10)11(27)8-18(30-12)4-6-25(7-5-18)17-22-21-16(31-17)15-20-24-26(23-15)9-13(28)29/h1-3H,4-9H2,(H,28,29). The Hall–Kier alpha value is -3.12. The first kappa shape index (κ1) is 19.8. The lowest BCUT2D eigenvalue weighted by atomic mass is 9.82. The highest BCUT2D eigenvalue weighted by molar-refractivity contribution is 7.18. The molecular weight excluding hydrogens is 446 g/mol. The molecular formula is C18H16ClN7O4S. The molecule has 1 spiro atoms. The first-order chi connectivity index (χ1) is 14.9. The molecule has 0 radical (unpaired) electrons. The lowest BCUT2D eigenvalue weighted by Gasteiger charge is -2.43. The Kier molecular flexibility index (Phi) is 4.82. The molecule has 1 aromatic carbocycles. The van der Waals surface area contributed by atoms with Gasteiger partial charge in [-0.05, 0) is 17.3 Å². The number of aromatic nitrogens is 6. The van der Waals surface area contributed by atoms with E-state index in [2.05, 4.69) is 30.5 Å². The lowest BCUT2D eigenvalue weighted by Crippen LogP contribution is -2.51. The Morgan fingerprint density at radius 3 is 2.84 bits per heavy atom. The maximum Gasteiger partial charge on any atom is 0.327 e. The smallest absolute Gasteiger partial charge is 0.327 e. The number of carbonyl (C=O) groups excluding carboxylic acids is 1. The Morgan fingerprint density at radius 2 is 2.06 bits per heavy atom. The van der Waals surface area contributed by atoms with E-state index in [0.717, 1.165) is 4.80 Å². The number of nitrogens with zero attached hydrogens (tertiary/aromatic N) is 7. The van der Waals surface area contributed by atoms with Gasteiger partial charge in [0.15, 0.2) is 17.3 Å². The van der Waals surface area contributed by atoms with Crippen LogP contribution in [-0.4, -0.2) is 66.0 Å².